The van der Waals surface area contributed by atoms with Gasteiger partial charge >= 0.3 is 6.03 Å². The fourth-order valence-electron chi connectivity index (χ4n) is 2.12. The molecule has 0 bridgehead atoms. The number of carbonyl (C=O) groups is 1. The van der Waals surface area contributed by atoms with Crippen LogP contribution in [-0.2, 0) is 0 Å². The maximum Gasteiger partial charge on any atom is 0.324 e. The summed E-state index contributed by atoms with van der Waals surface area (Å²) >= 11 is 0. The number of benzene rings is 2. The quantitative estimate of drug-likeness (QED) is 0.827. The predicted molar refractivity (Wildman–Crippen MR) is 82.9 cm³/mol. The molecule has 0 heterocycles. The molecule has 104 valence electrons. The smallest absolute Gasteiger partial charge is 0.321 e. The zero-order valence-electron chi connectivity index (χ0n) is 12.2. The molecular weight excluding hydrogens is 248 g/mol. The van der Waals surface area contributed by atoms with E-state index >= 15 is 0 Å². The van der Waals surface area contributed by atoms with Gasteiger partial charge < -0.3 is 4.90 Å². The van der Waals surface area contributed by atoms with E-state index in [9.17, 15) is 4.79 Å². The SMILES string of the molecule is CC(c1ccccc1)N(C)C(=O)N(C)c1ccccc1. The predicted octanol–water partition coefficient (Wildman–Crippen LogP) is 3.94. The van der Waals surface area contributed by atoms with Crippen LogP contribution in [0.25, 0.3) is 0 Å². The Morgan fingerprint density at radius 3 is 1.95 bits per heavy atom. The van der Waals surface area contributed by atoms with Crippen molar-refractivity contribution in [2.45, 2.75) is 13.0 Å². The van der Waals surface area contributed by atoms with Gasteiger partial charge in [-0.15, -0.1) is 0 Å². The molecular formula is C17H20N2O. The van der Waals surface area contributed by atoms with Crippen LogP contribution in [0.4, 0.5) is 10.5 Å². The Kier molecular flexibility index (Phi) is 4.41. The molecule has 2 rings (SSSR count). The zero-order chi connectivity index (χ0) is 14.5. The molecule has 0 saturated carbocycles. The number of carbonyl (C=O) groups excluding carboxylic acids is 1. The maximum absolute atomic E-state index is 12.5. The Balaban J connectivity index is 2.13. The van der Waals surface area contributed by atoms with E-state index in [1.165, 1.54) is 0 Å². The third kappa shape index (κ3) is 2.99. The molecule has 2 amide bonds. The van der Waals surface area contributed by atoms with E-state index in [4.69, 9.17) is 0 Å². The van der Waals surface area contributed by atoms with Crippen LogP contribution in [0.15, 0.2) is 60.7 Å². The average molecular weight is 268 g/mol. The molecule has 0 spiro atoms. The monoisotopic (exact) mass is 268 g/mol. The van der Waals surface area contributed by atoms with Gasteiger partial charge in [-0.2, -0.15) is 0 Å². The summed E-state index contributed by atoms with van der Waals surface area (Å²) in [7, 11) is 3.63. The molecule has 0 N–H and O–H groups in total. The van der Waals surface area contributed by atoms with Gasteiger partial charge in [0.2, 0.25) is 0 Å². The maximum atomic E-state index is 12.5. The summed E-state index contributed by atoms with van der Waals surface area (Å²) < 4.78 is 0. The number of rotatable bonds is 3. The minimum Gasteiger partial charge on any atom is -0.321 e. The van der Waals surface area contributed by atoms with Crippen LogP contribution in [0.2, 0.25) is 0 Å². The third-order valence-electron chi connectivity index (χ3n) is 3.60. The lowest BCUT2D eigenvalue weighted by Crippen LogP contribution is -2.40. The Morgan fingerprint density at radius 1 is 0.900 bits per heavy atom. The van der Waals surface area contributed by atoms with Gasteiger partial charge in [0.1, 0.15) is 0 Å². The molecule has 0 aliphatic carbocycles. The van der Waals surface area contributed by atoms with Crippen molar-refractivity contribution in [2.24, 2.45) is 0 Å². The lowest BCUT2D eigenvalue weighted by atomic mass is 10.1. The van der Waals surface area contributed by atoms with Gasteiger partial charge in [-0.3, -0.25) is 4.90 Å². The number of anilines is 1. The van der Waals surface area contributed by atoms with Crippen LogP contribution in [0.3, 0.4) is 0 Å². The zero-order valence-corrected chi connectivity index (χ0v) is 12.2. The van der Waals surface area contributed by atoms with Crippen molar-refractivity contribution in [3.63, 3.8) is 0 Å². The van der Waals surface area contributed by atoms with Gasteiger partial charge in [0, 0.05) is 19.8 Å². The number of hydrogen-bond acceptors (Lipinski definition) is 1. The molecule has 20 heavy (non-hydrogen) atoms. The van der Waals surface area contributed by atoms with E-state index in [0.717, 1.165) is 11.3 Å². The van der Waals surface area contributed by atoms with E-state index in [1.54, 1.807) is 16.8 Å². The Hall–Kier alpha value is -2.29. The second kappa shape index (κ2) is 6.24. The van der Waals surface area contributed by atoms with Crippen LogP contribution in [0.1, 0.15) is 18.5 Å². The summed E-state index contributed by atoms with van der Waals surface area (Å²) in [5, 5.41) is 0. The summed E-state index contributed by atoms with van der Waals surface area (Å²) in [5.74, 6) is 0. The van der Waals surface area contributed by atoms with E-state index < -0.39 is 0 Å². The molecule has 1 unspecified atom stereocenters. The Bertz CT molecular complexity index is 554. The number of nitrogens with zero attached hydrogens (tertiary/aromatic N) is 2. The first-order chi connectivity index (χ1) is 9.61. The van der Waals surface area contributed by atoms with Crippen LogP contribution < -0.4 is 4.90 Å². The molecule has 2 aromatic carbocycles. The molecule has 0 aliphatic heterocycles. The van der Waals surface area contributed by atoms with Gasteiger partial charge in [-0.25, -0.2) is 4.79 Å². The Labute approximate surface area is 120 Å². The number of amides is 2. The normalized spacial score (nSPS) is 11.8. The van der Waals surface area contributed by atoms with Gasteiger partial charge in [-0.1, -0.05) is 48.5 Å². The fourth-order valence-corrected chi connectivity index (χ4v) is 2.12. The second-order valence-electron chi connectivity index (χ2n) is 4.87. The van der Waals surface area contributed by atoms with Gasteiger partial charge in [0.15, 0.2) is 0 Å². The topological polar surface area (TPSA) is 23.6 Å². The van der Waals surface area contributed by atoms with Crippen molar-refractivity contribution in [2.75, 3.05) is 19.0 Å². The van der Waals surface area contributed by atoms with Crippen molar-refractivity contribution in [1.29, 1.82) is 0 Å². The third-order valence-corrected chi connectivity index (χ3v) is 3.60. The molecule has 3 nitrogen and oxygen atoms in total. The van der Waals surface area contributed by atoms with Crippen LogP contribution in [0.5, 0.6) is 0 Å². The number of para-hydroxylation sites is 1. The van der Waals surface area contributed by atoms with Gasteiger partial charge in [0.05, 0.1) is 6.04 Å². The summed E-state index contributed by atoms with van der Waals surface area (Å²) in [6.45, 7) is 2.03. The summed E-state index contributed by atoms with van der Waals surface area (Å²) in [4.78, 5) is 15.9. The van der Waals surface area contributed by atoms with E-state index in [2.05, 4.69) is 0 Å². The highest BCUT2D eigenvalue weighted by Crippen LogP contribution is 2.21. The second-order valence-corrected chi connectivity index (χ2v) is 4.87. The van der Waals surface area contributed by atoms with E-state index in [-0.39, 0.29) is 12.1 Å². The molecule has 0 aliphatic rings. The lowest BCUT2D eigenvalue weighted by molar-refractivity contribution is 0.202. The van der Waals surface area contributed by atoms with Crippen molar-refractivity contribution in [3.8, 4) is 0 Å². The van der Waals surface area contributed by atoms with Crippen molar-refractivity contribution >= 4 is 11.7 Å². The van der Waals surface area contributed by atoms with Gasteiger partial charge in [0.25, 0.3) is 0 Å². The fraction of sp³-hybridized carbons (Fsp3) is 0.235. The highest BCUT2D eigenvalue weighted by molar-refractivity contribution is 5.91. The van der Waals surface area contributed by atoms with Crippen LogP contribution in [-0.4, -0.2) is 25.0 Å². The van der Waals surface area contributed by atoms with Crippen molar-refractivity contribution < 1.29 is 4.79 Å². The van der Waals surface area contributed by atoms with E-state index in [0.29, 0.717) is 0 Å². The van der Waals surface area contributed by atoms with Crippen molar-refractivity contribution in [3.05, 3.63) is 66.2 Å². The molecule has 0 radical (unpaired) electrons. The highest BCUT2D eigenvalue weighted by Gasteiger charge is 2.21. The minimum absolute atomic E-state index is 0.0208. The summed E-state index contributed by atoms with van der Waals surface area (Å²) in [5.41, 5.74) is 2.02. The first-order valence-electron chi connectivity index (χ1n) is 6.71. The lowest BCUT2D eigenvalue weighted by Gasteiger charge is -2.30. The first-order valence-corrected chi connectivity index (χ1v) is 6.71. The average Bonchev–Trinajstić information content (AvgIpc) is 2.53. The molecule has 0 fully saturated rings. The molecule has 1 atom stereocenters. The molecule has 0 saturated heterocycles. The van der Waals surface area contributed by atoms with Crippen LogP contribution in [0, 0.1) is 0 Å². The largest absolute Gasteiger partial charge is 0.324 e. The first kappa shape index (κ1) is 14.1. The number of hydrogen-bond donors (Lipinski definition) is 0. The summed E-state index contributed by atoms with van der Waals surface area (Å²) in [6, 6.07) is 19.7. The van der Waals surface area contributed by atoms with E-state index in [1.807, 2.05) is 74.6 Å². The number of urea groups is 1. The highest BCUT2D eigenvalue weighted by atomic mass is 16.2. The minimum atomic E-state index is -0.0208. The molecule has 3 heteroatoms. The molecule has 0 aromatic heterocycles. The molecule has 2 aromatic rings. The summed E-state index contributed by atoms with van der Waals surface area (Å²) in [6.07, 6.45) is 0. The van der Waals surface area contributed by atoms with Crippen molar-refractivity contribution in [1.82, 2.24) is 4.90 Å². The van der Waals surface area contributed by atoms with Crippen LogP contribution >= 0.6 is 0 Å². The standard InChI is InChI=1S/C17H20N2O/c1-14(15-10-6-4-7-11-15)18(2)17(20)19(3)16-12-8-5-9-13-16/h4-14H,1-3H3. The van der Waals surface area contributed by atoms with Gasteiger partial charge in [-0.05, 0) is 24.6 Å². The Morgan fingerprint density at radius 2 is 1.40 bits per heavy atom.